The molecule has 1 nitrogen and oxygen atoms in total. The fourth-order valence-electron chi connectivity index (χ4n) is 2.17. The van der Waals surface area contributed by atoms with Gasteiger partial charge in [0.25, 0.3) is 0 Å². The highest BCUT2D eigenvalue weighted by atomic mass is 16.3. The molecule has 0 atom stereocenters. The number of aryl methyl sites for hydroxylation is 3. The lowest BCUT2D eigenvalue weighted by atomic mass is 9.94. The van der Waals surface area contributed by atoms with E-state index in [0.29, 0.717) is 0 Å². The van der Waals surface area contributed by atoms with Crippen LogP contribution in [-0.2, 0) is 6.61 Å². The molecule has 88 valence electrons. The summed E-state index contributed by atoms with van der Waals surface area (Å²) in [6.07, 6.45) is 0. The molecule has 0 unspecified atom stereocenters. The summed E-state index contributed by atoms with van der Waals surface area (Å²) in [5.41, 5.74) is 7.24. The van der Waals surface area contributed by atoms with Gasteiger partial charge in [0.15, 0.2) is 0 Å². The first-order valence-electron chi connectivity index (χ1n) is 5.90. The van der Waals surface area contributed by atoms with Crippen LogP contribution >= 0.6 is 0 Å². The topological polar surface area (TPSA) is 20.2 Å². The smallest absolute Gasteiger partial charge is 0.0682 e. The maximum Gasteiger partial charge on any atom is 0.0682 e. The van der Waals surface area contributed by atoms with Crippen molar-refractivity contribution in [2.24, 2.45) is 0 Å². The third kappa shape index (κ3) is 2.40. The Bertz CT molecular complexity index is 541. The second kappa shape index (κ2) is 4.72. The van der Waals surface area contributed by atoms with E-state index in [1.165, 1.54) is 27.8 Å². The fourth-order valence-corrected chi connectivity index (χ4v) is 2.17. The highest BCUT2D eigenvalue weighted by molar-refractivity contribution is 5.71. The van der Waals surface area contributed by atoms with E-state index < -0.39 is 0 Å². The minimum Gasteiger partial charge on any atom is -0.392 e. The van der Waals surface area contributed by atoms with E-state index in [9.17, 15) is 5.11 Å². The molecule has 0 aliphatic heterocycles. The summed E-state index contributed by atoms with van der Waals surface area (Å²) >= 11 is 0. The Morgan fingerprint density at radius 2 is 1.59 bits per heavy atom. The first-order valence-corrected chi connectivity index (χ1v) is 5.90. The van der Waals surface area contributed by atoms with Gasteiger partial charge in [-0.25, -0.2) is 0 Å². The van der Waals surface area contributed by atoms with Gasteiger partial charge in [-0.1, -0.05) is 35.9 Å². The van der Waals surface area contributed by atoms with E-state index in [2.05, 4.69) is 51.1 Å². The van der Waals surface area contributed by atoms with Gasteiger partial charge in [-0.05, 0) is 54.7 Å². The number of aliphatic hydroxyl groups is 1. The Labute approximate surface area is 103 Å². The van der Waals surface area contributed by atoms with Crippen LogP contribution in [0.2, 0.25) is 0 Å². The predicted octanol–water partition coefficient (Wildman–Crippen LogP) is 3.77. The standard InChI is InChI=1S/C16H18O/c1-11-4-7-15(13(3)8-11)16-9-14(10-17)6-5-12(16)2/h4-9,17H,10H2,1-3H3. The quantitative estimate of drug-likeness (QED) is 0.826. The Hall–Kier alpha value is -1.60. The first-order chi connectivity index (χ1) is 8.11. The van der Waals surface area contributed by atoms with Gasteiger partial charge in [0.05, 0.1) is 6.61 Å². The van der Waals surface area contributed by atoms with Gasteiger partial charge in [-0.2, -0.15) is 0 Å². The summed E-state index contributed by atoms with van der Waals surface area (Å²) in [5, 5.41) is 9.21. The molecule has 0 aromatic heterocycles. The number of hydrogen-bond donors (Lipinski definition) is 1. The number of benzene rings is 2. The second-order valence-corrected chi connectivity index (χ2v) is 4.63. The van der Waals surface area contributed by atoms with Gasteiger partial charge in [0, 0.05) is 0 Å². The normalized spacial score (nSPS) is 10.6. The predicted molar refractivity (Wildman–Crippen MR) is 72.0 cm³/mol. The third-order valence-corrected chi connectivity index (χ3v) is 3.16. The molecule has 0 fully saturated rings. The van der Waals surface area contributed by atoms with Crippen LogP contribution in [0.3, 0.4) is 0 Å². The number of rotatable bonds is 2. The summed E-state index contributed by atoms with van der Waals surface area (Å²) in [6.45, 7) is 6.44. The molecular weight excluding hydrogens is 208 g/mol. The van der Waals surface area contributed by atoms with Crippen LogP contribution in [0, 0.1) is 20.8 Å². The molecule has 0 amide bonds. The molecule has 1 heteroatoms. The molecular formula is C16H18O. The van der Waals surface area contributed by atoms with Crippen molar-refractivity contribution in [2.45, 2.75) is 27.4 Å². The van der Waals surface area contributed by atoms with Crippen LogP contribution in [0.25, 0.3) is 11.1 Å². The summed E-state index contributed by atoms with van der Waals surface area (Å²) in [4.78, 5) is 0. The van der Waals surface area contributed by atoms with E-state index in [4.69, 9.17) is 0 Å². The summed E-state index contributed by atoms with van der Waals surface area (Å²) in [6, 6.07) is 12.6. The summed E-state index contributed by atoms with van der Waals surface area (Å²) in [5.74, 6) is 0. The minimum absolute atomic E-state index is 0.0954. The van der Waals surface area contributed by atoms with Gasteiger partial charge in [0.2, 0.25) is 0 Å². The fraction of sp³-hybridized carbons (Fsp3) is 0.250. The molecule has 0 spiro atoms. The molecule has 2 aromatic carbocycles. The Kier molecular flexibility index (Phi) is 3.30. The average Bonchev–Trinajstić information content (AvgIpc) is 2.30. The summed E-state index contributed by atoms with van der Waals surface area (Å²) in [7, 11) is 0. The van der Waals surface area contributed by atoms with Crippen LogP contribution < -0.4 is 0 Å². The van der Waals surface area contributed by atoms with E-state index >= 15 is 0 Å². The van der Waals surface area contributed by atoms with E-state index in [1.54, 1.807) is 0 Å². The molecule has 2 aromatic rings. The molecule has 17 heavy (non-hydrogen) atoms. The SMILES string of the molecule is Cc1ccc(-c2cc(CO)ccc2C)c(C)c1. The molecule has 0 heterocycles. The van der Waals surface area contributed by atoms with E-state index in [1.807, 2.05) is 6.07 Å². The van der Waals surface area contributed by atoms with Gasteiger partial charge < -0.3 is 5.11 Å². The molecule has 1 N–H and O–H groups in total. The lowest BCUT2D eigenvalue weighted by molar-refractivity contribution is 0.282. The van der Waals surface area contributed by atoms with Crippen molar-refractivity contribution >= 4 is 0 Å². The van der Waals surface area contributed by atoms with Crippen molar-refractivity contribution in [3.63, 3.8) is 0 Å². The highest BCUT2D eigenvalue weighted by Crippen LogP contribution is 2.28. The van der Waals surface area contributed by atoms with Crippen molar-refractivity contribution in [3.05, 3.63) is 58.7 Å². The number of aliphatic hydroxyl groups excluding tert-OH is 1. The maximum absolute atomic E-state index is 9.21. The zero-order valence-corrected chi connectivity index (χ0v) is 10.6. The van der Waals surface area contributed by atoms with Gasteiger partial charge >= 0.3 is 0 Å². The molecule has 0 saturated heterocycles. The molecule has 2 rings (SSSR count). The van der Waals surface area contributed by atoms with Crippen molar-refractivity contribution < 1.29 is 5.11 Å². The van der Waals surface area contributed by atoms with Crippen molar-refractivity contribution in [1.82, 2.24) is 0 Å². The monoisotopic (exact) mass is 226 g/mol. The second-order valence-electron chi connectivity index (χ2n) is 4.63. The van der Waals surface area contributed by atoms with Crippen molar-refractivity contribution in [2.75, 3.05) is 0 Å². The van der Waals surface area contributed by atoms with Crippen LogP contribution in [-0.4, -0.2) is 5.11 Å². The zero-order valence-electron chi connectivity index (χ0n) is 10.6. The Balaban J connectivity index is 2.59. The van der Waals surface area contributed by atoms with Gasteiger partial charge in [-0.15, -0.1) is 0 Å². The third-order valence-electron chi connectivity index (χ3n) is 3.16. The lowest BCUT2D eigenvalue weighted by Crippen LogP contribution is -1.91. The number of hydrogen-bond acceptors (Lipinski definition) is 1. The average molecular weight is 226 g/mol. The van der Waals surface area contributed by atoms with Gasteiger partial charge in [-0.3, -0.25) is 0 Å². The molecule has 0 aliphatic rings. The van der Waals surface area contributed by atoms with Crippen LogP contribution in [0.5, 0.6) is 0 Å². The largest absolute Gasteiger partial charge is 0.392 e. The van der Waals surface area contributed by atoms with E-state index in [-0.39, 0.29) is 6.61 Å². The van der Waals surface area contributed by atoms with Crippen LogP contribution in [0.1, 0.15) is 22.3 Å². The van der Waals surface area contributed by atoms with Crippen molar-refractivity contribution in [3.8, 4) is 11.1 Å². The molecule has 0 aliphatic carbocycles. The Morgan fingerprint density at radius 1 is 0.824 bits per heavy atom. The highest BCUT2D eigenvalue weighted by Gasteiger charge is 2.06. The maximum atomic E-state index is 9.21. The van der Waals surface area contributed by atoms with Gasteiger partial charge in [0.1, 0.15) is 0 Å². The molecule has 0 bridgehead atoms. The molecule has 0 saturated carbocycles. The minimum atomic E-state index is 0.0954. The van der Waals surface area contributed by atoms with Crippen LogP contribution in [0.4, 0.5) is 0 Å². The lowest BCUT2D eigenvalue weighted by Gasteiger charge is -2.11. The Morgan fingerprint density at radius 3 is 2.24 bits per heavy atom. The van der Waals surface area contributed by atoms with Crippen molar-refractivity contribution in [1.29, 1.82) is 0 Å². The first kappa shape index (κ1) is 11.9. The van der Waals surface area contributed by atoms with Crippen LogP contribution in [0.15, 0.2) is 36.4 Å². The molecule has 0 radical (unpaired) electrons. The summed E-state index contributed by atoms with van der Waals surface area (Å²) < 4.78 is 0. The zero-order chi connectivity index (χ0) is 12.4. The van der Waals surface area contributed by atoms with E-state index in [0.717, 1.165) is 5.56 Å².